The van der Waals surface area contributed by atoms with Gasteiger partial charge in [0.05, 0.1) is 16.5 Å². The van der Waals surface area contributed by atoms with Crippen molar-refractivity contribution in [3.05, 3.63) is 35.8 Å². The Morgan fingerprint density at radius 1 is 1.11 bits per heavy atom. The fraction of sp³-hybridized carbons (Fsp3) is 0.440. The lowest BCUT2D eigenvalue weighted by Crippen LogP contribution is -2.58. The third kappa shape index (κ3) is 5.21. The normalized spacial score (nSPS) is 14.3. The SMILES string of the molecule is [2H]CC(C)(C)[C@H](Nc1ncc(C(N)=O)c2[nH]c3ccc(F)cc3c12)C(=O)N[C@H](C(=O)NC)C(C)(C)C. The van der Waals surface area contributed by atoms with Gasteiger partial charge < -0.3 is 26.7 Å². The molecule has 188 valence electrons. The Bertz CT molecular complexity index is 1330. The number of primary amides is 1. The molecule has 0 aliphatic heterocycles. The van der Waals surface area contributed by atoms with Crippen molar-refractivity contribution in [2.45, 2.75) is 53.6 Å². The maximum Gasteiger partial charge on any atom is 0.252 e. The van der Waals surface area contributed by atoms with Gasteiger partial charge in [-0.15, -0.1) is 0 Å². The lowest BCUT2D eigenvalue weighted by Gasteiger charge is -2.35. The average molecular weight is 486 g/mol. The highest BCUT2D eigenvalue weighted by Crippen LogP contribution is 2.35. The Morgan fingerprint density at radius 2 is 1.80 bits per heavy atom. The number of carbonyl (C=O) groups excluding carboxylic acids is 3. The standard InChI is InChI=1S/C25H33FN6O3/c1-24(2,3)18(22(34)28-7)32-23(35)19(25(4,5)6)31-21-16-13-10-12(26)8-9-15(13)30-17(16)14(11-29-21)20(27)33/h8-11,18-19,30H,1-7H3,(H2,27,33)(H,28,34)(H,29,31)(H,32,35)/t18-,19-/m1/s1/i4D. The number of amides is 3. The number of aromatic amines is 1. The Balaban J connectivity index is 2.15. The van der Waals surface area contributed by atoms with Gasteiger partial charge >= 0.3 is 0 Å². The highest BCUT2D eigenvalue weighted by molar-refractivity contribution is 6.18. The summed E-state index contributed by atoms with van der Waals surface area (Å²) in [5.41, 5.74) is 5.06. The van der Waals surface area contributed by atoms with Crippen molar-refractivity contribution in [2.24, 2.45) is 16.6 Å². The second kappa shape index (κ2) is 9.16. The molecule has 1 aromatic carbocycles. The molecule has 2 aromatic heterocycles. The molecule has 3 rings (SSSR count). The number of benzene rings is 1. The van der Waals surface area contributed by atoms with Crippen molar-refractivity contribution in [1.29, 1.82) is 0 Å². The number of hydrogen-bond donors (Lipinski definition) is 5. The largest absolute Gasteiger partial charge is 0.365 e. The highest BCUT2D eigenvalue weighted by atomic mass is 19.1. The minimum Gasteiger partial charge on any atom is -0.365 e. The number of anilines is 1. The molecule has 3 aromatic rings. The summed E-state index contributed by atoms with van der Waals surface area (Å²) in [5, 5.41) is 9.35. The van der Waals surface area contributed by atoms with E-state index >= 15 is 0 Å². The molecule has 0 unspecified atom stereocenters. The van der Waals surface area contributed by atoms with Gasteiger partial charge in [-0.1, -0.05) is 41.5 Å². The van der Waals surface area contributed by atoms with Gasteiger partial charge in [0.25, 0.3) is 5.91 Å². The van der Waals surface area contributed by atoms with E-state index in [2.05, 4.69) is 25.9 Å². The van der Waals surface area contributed by atoms with Crippen LogP contribution in [0.1, 0.15) is 53.2 Å². The second-order valence-electron chi connectivity index (χ2n) is 10.4. The van der Waals surface area contributed by atoms with Crippen LogP contribution in [0.5, 0.6) is 0 Å². The molecule has 0 bridgehead atoms. The fourth-order valence-corrected chi connectivity index (χ4v) is 3.96. The van der Waals surface area contributed by atoms with E-state index in [1.54, 1.807) is 13.8 Å². The van der Waals surface area contributed by atoms with Crippen LogP contribution in [0.15, 0.2) is 24.4 Å². The number of likely N-dealkylation sites (N-methyl/N-ethyl adjacent to an activating group) is 1. The lowest BCUT2D eigenvalue weighted by molar-refractivity contribution is -0.132. The number of H-pyrrole nitrogens is 1. The Kier molecular flexibility index (Phi) is 6.40. The summed E-state index contributed by atoms with van der Waals surface area (Å²) in [6.07, 6.45) is 1.28. The van der Waals surface area contributed by atoms with E-state index in [0.717, 1.165) is 0 Å². The summed E-state index contributed by atoms with van der Waals surface area (Å²) < 4.78 is 22.2. The van der Waals surface area contributed by atoms with E-state index in [-0.39, 0.29) is 24.2 Å². The van der Waals surface area contributed by atoms with Crippen LogP contribution in [-0.4, -0.2) is 46.8 Å². The summed E-state index contributed by atoms with van der Waals surface area (Å²) in [5.74, 6) is -1.85. The van der Waals surface area contributed by atoms with Gasteiger partial charge in [0, 0.05) is 25.5 Å². The molecule has 0 aliphatic rings. The van der Waals surface area contributed by atoms with Gasteiger partial charge in [-0.25, -0.2) is 9.37 Å². The highest BCUT2D eigenvalue weighted by Gasteiger charge is 2.38. The minimum atomic E-state index is -1.00. The maximum atomic E-state index is 14.2. The van der Waals surface area contributed by atoms with Crippen molar-refractivity contribution in [3.8, 4) is 0 Å². The molecular formula is C25H33FN6O3. The fourth-order valence-electron chi connectivity index (χ4n) is 3.96. The van der Waals surface area contributed by atoms with E-state index in [0.29, 0.717) is 21.8 Å². The molecule has 6 N–H and O–H groups in total. The van der Waals surface area contributed by atoms with Crippen molar-refractivity contribution < 1.29 is 20.1 Å². The molecule has 0 spiro atoms. The van der Waals surface area contributed by atoms with Crippen LogP contribution >= 0.6 is 0 Å². The van der Waals surface area contributed by atoms with Crippen molar-refractivity contribution in [3.63, 3.8) is 0 Å². The first-order valence-corrected chi connectivity index (χ1v) is 11.2. The number of nitrogens with one attached hydrogen (secondary N) is 4. The molecule has 0 radical (unpaired) electrons. The first-order chi connectivity index (χ1) is 16.7. The third-order valence-corrected chi connectivity index (χ3v) is 5.84. The zero-order valence-corrected chi connectivity index (χ0v) is 20.8. The van der Waals surface area contributed by atoms with Crippen LogP contribution < -0.4 is 21.7 Å². The van der Waals surface area contributed by atoms with Crippen molar-refractivity contribution in [2.75, 3.05) is 12.4 Å². The summed E-state index contributed by atoms with van der Waals surface area (Å²) in [6.45, 7) is 8.86. The summed E-state index contributed by atoms with van der Waals surface area (Å²) >= 11 is 0. The van der Waals surface area contributed by atoms with Gasteiger partial charge in [0.15, 0.2) is 0 Å². The van der Waals surface area contributed by atoms with E-state index in [4.69, 9.17) is 7.10 Å². The summed E-state index contributed by atoms with van der Waals surface area (Å²) in [4.78, 5) is 45.6. The van der Waals surface area contributed by atoms with Crippen LogP contribution in [0.2, 0.25) is 0 Å². The number of hydrogen-bond acceptors (Lipinski definition) is 5. The number of nitrogens with two attached hydrogens (primary N) is 1. The first kappa shape index (κ1) is 24.4. The van der Waals surface area contributed by atoms with Crippen LogP contribution in [-0.2, 0) is 9.59 Å². The van der Waals surface area contributed by atoms with E-state index in [1.165, 1.54) is 31.4 Å². The molecule has 10 heteroatoms. The number of aromatic nitrogens is 2. The molecule has 0 saturated carbocycles. The summed E-state index contributed by atoms with van der Waals surface area (Å²) in [7, 11) is 1.49. The van der Waals surface area contributed by atoms with Gasteiger partial charge in [-0.3, -0.25) is 14.4 Å². The van der Waals surface area contributed by atoms with E-state index in [1.807, 2.05) is 20.8 Å². The van der Waals surface area contributed by atoms with Crippen LogP contribution in [0, 0.1) is 16.6 Å². The van der Waals surface area contributed by atoms with E-state index in [9.17, 15) is 18.8 Å². The number of nitrogens with zero attached hydrogens (tertiary/aromatic N) is 1. The Labute approximate surface area is 204 Å². The Morgan fingerprint density at radius 3 is 2.37 bits per heavy atom. The number of carbonyl (C=O) groups is 3. The zero-order chi connectivity index (χ0) is 27.0. The molecule has 3 amide bonds. The number of halogens is 1. The van der Waals surface area contributed by atoms with Crippen LogP contribution in [0.3, 0.4) is 0 Å². The van der Waals surface area contributed by atoms with Crippen molar-refractivity contribution in [1.82, 2.24) is 20.6 Å². The molecule has 2 heterocycles. The van der Waals surface area contributed by atoms with Crippen molar-refractivity contribution >= 4 is 45.3 Å². The number of fused-ring (bicyclic) bond motifs is 3. The third-order valence-electron chi connectivity index (χ3n) is 5.84. The molecule has 35 heavy (non-hydrogen) atoms. The maximum absolute atomic E-state index is 14.2. The molecule has 0 fully saturated rings. The molecular weight excluding hydrogens is 451 g/mol. The molecule has 0 saturated heterocycles. The number of rotatable bonds is 6. The smallest absolute Gasteiger partial charge is 0.252 e. The summed E-state index contributed by atoms with van der Waals surface area (Å²) in [6, 6.07) is 2.28. The second-order valence-corrected chi connectivity index (χ2v) is 10.4. The quantitative estimate of drug-likeness (QED) is 0.365. The number of pyridine rings is 1. The van der Waals surface area contributed by atoms with E-state index < -0.39 is 40.5 Å². The monoisotopic (exact) mass is 485 g/mol. The first-order valence-electron chi connectivity index (χ1n) is 11.9. The molecule has 0 aliphatic carbocycles. The molecule has 2 atom stereocenters. The predicted molar refractivity (Wildman–Crippen MR) is 134 cm³/mol. The lowest BCUT2D eigenvalue weighted by atomic mass is 9.83. The minimum absolute atomic E-state index is 0.111. The Hall–Kier alpha value is -3.69. The van der Waals surface area contributed by atoms with Gasteiger partial charge in [-0.2, -0.15) is 0 Å². The van der Waals surface area contributed by atoms with Crippen LogP contribution in [0.4, 0.5) is 10.2 Å². The topological polar surface area (TPSA) is 142 Å². The van der Waals surface area contributed by atoms with Crippen LogP contribution in [0.25, 0.3) is 21.8 Å². The van der Waals surface area contributed by atoms with Gasteiger partial charge in [-0.05, 0) is 29.0 Å². The van der Waals surface area contributed by atoms with Gasteiger partial charge in [0.1, 0.15) is 23.7 Å². The van der Waals surface area contributed by atoms with Gasteiger partial charge in [0.2, 0.25) is 11.8 Å². The average Bonchev–Trinajstić information content (AvgIpc) is 3.18. The molecule has 9 nitrogen and oxygen atoms in total. The zero-order valence-electron chi connectivity index (χ0n) is 21.8. The predicted octanol–water partition coefficient (Wildman–Crippen LogP) is 3.06.